The zero-order chi connectivity index (χ0) is 43.6. The Morgan fingerprint density at radius 1 is 0.303 bits per heavy atom. The zero-order valence-corrected chi connectivity index (χ0v) is 36.1. The lowest BCUT2D eigenvalue weighted by Crippen LogP contribution is -2.26. The van der Waals surface area contributed by atoms with E-state index in [1.807, 2.05) is 0 Å². The number of nitrogens with zero attached hydrogens (tertiary/aromatic N) is 2. The van der Waals surface area contributed by atoms with Crippen LogP contribution in [0.15, 0.2) is 259 Å². The highest BCUT2D eigenvalue weighted by Crippen LogP contribution is 2.66. The van der Waals surface area contributed by atoms with Crippen LogP contribution in [0.4, 0.5) is 34.1 Å². The van der Waals surface area contributed by atoms with E-state index in [0.717, 1.165) is 67.5 Å². The Bertz CT molecular complexity index is 3540. The predicted octanol–water partition coefficient (Wildman–Crippen LogP) is 17.0. The van der Waals surface area contributed by atoms with Gasteiger partial charge in [-0.05, 0) is 123 Å². The Morgan fingerprint density at radius 2 is 0.773 bits per heavy atom. The molecule has 3 heteroatoms. The van der Waals surface area contributed by atoms with Gasteiger partial charge in [-0.15, -0.1) is 0 Å². The summed E-state index contributed by atoms with van der Waals surface area (Å²) >= 11 is 0. The minimum Gasteiger partial charge on any atom is -0.456 e. The highest BCUT2D eigenvalue weighted by molar-refractivity contribution is 6.03. The second kappa shape index (κ2) is 15.3. The minimum absolute atomic E-state index is 0.698. The van der Waals surface area contributed by atoms with Crippen molar-refractivity contribution in [3.8, 4) is 44.7 Å². The highest BCUT2D eigenvalue weighted by atomic mass is 16.3. The molecule has 0 bridgehead atoms. The maximum absolute atomic E-state index is 7.05. The first-order valence-corrected chi connectivity index (χ1v) is 22.7. The molecule has 2 aliphatic carbocycles. The number of hydrogen-bond acceptors (Lipinski definition) is 3. The maximum Gasteiger partial charge on any atom is 0.140 e. The molecule has 2 aliphatic rings. The van der Waals surface area contributed by atoms with Gasteiger partial charge in [-0.25, -0.2) is 0 Å². The van der Waals surface area contributed by atoms with Crippen molar-refractivity contribution in [2.75, 3.05) is 9.80 Å². The van der Waals surface area contributed by atoms with E-state index in [0.29, 0.717) is 0 Å². The van der Waals surface area contributed by atoms with Crippen molar-refractivity contribution in [2.45, 2.75) is 5.41 Å². The molecule has 0 amide bonds. The lowest BCUT2D eigenvalue weighted by molar-refractivity contribution is 0.628. The van der Waals surface area contributed by atoms with Gasteiger partial charge in [0.1, 0.15) is 11.3 Å². The fourth-order valence-electron chi connectivity index (χ4n) is 10.9. The van der Waals surface area contributed by atoms with Crippen LogP contribution < -0.4 is 9.80 Å². The lowest BCUT2D eigenvalue weighted by atomic mass is 9.70. The molecule has 0 saturated heterocycles. The third-order valence-electron chi connectivity index (χ3n) is 13.7. The largest absolute Gasteiger partial charge is 0.456 e. The summed E-state index contributed by atoms with van der Waals surface area (Å²) in [5.41, 5.74) is 19.9. The standard InChI is InChI=1S/C63H42N2O/c1-5-19-43(20-6-1)44-33-35-48(36-34-44)65(59-31-17-14-27-51(59)45-21-7-2-8-22-45)50-38-40-54-58(42-50)63(61-55-29-15-18-32-60(55)66-62(54)61)56-30-16-13-28-52(56)53-39-37-49(41-57(53)63)64(46-23-9-3-10-24-46)47-25-11-4-12-26-47/h1-42H. The molecule has 0 aliphatic heterocycles. The normalized spacial score (nSPS) is 14.1. The molecule has 1 unspecified atom stereocenters. The Hall–Kier alpha value is -8.66. The minimum atomic E-state index is -0.698. The summed E-state index contributed by atoms with van der Waals surface area (Å²) in [6, 6.07) is 92.3. The van der Waals surface area contributed by atoms with E-state index >= 15 is 0 Å². The lowest BCUT2D eigenvalue weighted by Gasteiger charge is -2.33. The molecular weight excluding hydrogens is 801 g/mol. The summed E-state index contributed by atoms with van der Waals surface area (Å²) in [5, 5.41) is 1.13. The Labute approximate surface area is 384 Å². The van der Waals surface area contributed by atoms with E-state index in [1.165, 1.54) is 44.5 Å². The van der Waals surface area contributed by atoms with Crippen molar-refractivity contribution in [3.63, 3.8) is 0 Å². The van der Waals surface area contributed by atoms with Gasteiger partial charge in [0.05, 0.1) is 11.1 Å². The van der Waals surface area contributed by atoms with Crippen molar-refractivity contribution in [2.24, 2.45) is 0 Å². The van der Waals surface area contributed by atoms with Crippen molar-refractivity contribution in [1.82, 2.24) is 0 Å². The van der Waals surface area contributed by atoms with Gasteiger partial charge in [-0.3, -0.25) is 0 Å². The summed E-state index contributed by atoms with van der Waals surface area (Å²) in [5.74, 6) is 0.928. The van der Waals surface area contributed by atoms with Crippen LogP contribution in [0, 0.1) is 0 Å². The summed E-state index contributed by atoms with van der Waals surface area (Å²) in [4.78, 5) is 4.81. The second-order valence-corrected chi connectivity index (χ2v) is 17.2. The van der Waals surface area contributed by atoms with E-state index in [9.17, 15) is 0 Å². The molecule has 0 radical (unpaired) electrons. The van der Waals surface area contributed by atoms with Gasteiger partial charge in [0.2, 0.25) is 0 Å². The molecule has 1 aromatic heterocycles. The topological polar surface area (TPSA) is 19.6 Å². The third kappa shape index (κ3) is 5.77. The Morgan fingerprint density at radius 3 is 1.47 bits per heavy atom. The summed E-state index contributed by atoms with van der Waals surface area (Å²) < 4.78 is 7.05. The van der Waals surface area contributed by atoms with Crippen molar-refractivity contribution in [1.29, 1.82) is 0 Å². The van der Waals surface area contributed by atoms with Crippen LogP contribution in [0.2, 0.25) is 0 Å². The van der Waals surface area contributed by atoms with Crippen LogP contribution in [-0.4, -0.2) is 0 Å². The monoisotopic (exact) mass is 842 g/mol. The number of rotatable bonds is 8. The molecule has 66 heavy (non-hydrogen) atoms. The molecular formula is C63H42N2O. The smallest absolute Gasteiger partial charge is 0.140 e. The average molecular weight is 843 g/mol. The summed E-state index contributed by atoms with van der Waals surface area (Å²) in [7, 11) is 0. The fraction of sp³-hybridized carbons (Fsp3) is 0.0159. The second-order valence-electron chi connectivity index (χ2n) is 17.2. The Kier molecular flexibility index (Phi) is 8.75. The zero-order valence-electron chi connectivity index (χ0n) is 36.1. The van der Waals surface area contributed by atoms with Gasteiger partial charge in [-0.1, -0.05) is 176 Å². The van der Waals surface area contributed by atoms with Crippen LogP contribution >= 0.6 is 0 Å². The van der Waals surface area contributed by atoms with Gasteiger partial charge in [0.15, 0.2) is 0 Å². The number of fused-ring (bicyclic) bond motifs is 12. The first kappa shape index (κ1) is 37.9. The van der Waals surface area contributed by atoms with Crippen molar-refractivity contribution < 1.29 is 4.42 Å². The number of furan rings is 1. The SMILES string of the molecule is c1ccc(-c2ccc(N(c3ccc4c(c3)C3(c5ccccc5-c5ccc(N(c6ccccc6)c6ccccc6)cc53)c3c-4oc4ccccc34)c3ccccc3-c3ccccc3)cc2)cc1. The third-order valence-corrected chi connectivity index (χ3v) is 13.7. The fourth-order valence-corrected chi connectivity index (χ4v) is 10.9. The first-order valence-electron chi connectivity index (χ1n) is 22.7. The van der Waals surface area contributed by atoms with E-state index in [-0.39, 0.29) is 0 Å². The van der Waals surface area contributed by atoms with Gasteiger partial charge < -0.3 is 14.2 Å². The average Bonchev–Trinajstić information content (AvgIpc) is 4.01. The van der Waals surface area contributed by atoms with Crippen LogP contribution in [0.1, 0.15) is 22.3 Å². The van der Waals surface area contributed by atoms with Crippen LogP contribution in [0.5, 0.6) is 0 Å². The van der Waals surface area contributed by atoms with Gasteiger partial charge in [0, 0.05) is 50.5 Å². The van der Waals surface area contributed by atoms with Crippen LogP contribution in [0.3, 0.4) is 0 Å². The Balaban J connectivity index is 1.09. The molecule has 1 heterocycles. The number of para-hydroxylation sites is 4. The molecule has 0 N–H and O–H groups in total. The van der Waals surface area contributed by atoms with Crippen LogP contribution in [-0.2, 0) is 5.41 Å². The molecule has 3 nitrogen and oxygen atoms in total. The molecule has 11 aromatic rings. The van der Waals surface area contributed by atoms with E-state index < -0.39 is 5.41 Å². The highest BCUT2D eigenvalue weighted by Gasteiger charge is 2.55. The maximum atomic E-state index is 7.05. The predicted molar refractivity (Wildman–Crippen MR) is 273 cm³/mol. The molecule has 1 atom stereocenters. The summed E-state index contributed by atoms with van der Waals surface area (Å²) in [6.45, 7) is 0. The number of hydrogen-bond donors (Lipinski definition) is 0. The summed E-state index contributed by atoms with van der Waals surface area (Å²) in [6.07, 6.45) is 0. The van der Waals surface area contributed by atoms with Gasteiger partial charge in [0.25, 0.3) is 0 Å². The molecule has 10 aromatic carbocycles. The first-order chi connectivity index (χ1) is 32.8. The van der Waals surface area contributed by atoms with E-state index in [2.05, 4.69) is 265 Å². The van der Waals surface area contributed by atoms with Crippen LogP contribution in [0.25, 0.3) is 55.7 Å². The van der Waals surface area contributed by atoms with E-state index in [1.54, 1.807) is 0 Å². The van der Waals surface area contributed by atoms with Crippen molar-refractivity contribution in [3.05, 3.63) is 277 Å². The number of benzene rings is 10. The molecule has 0 saturated carbocycles. The van der Waals surface area contributed by atoms with Crippen molar-refractivity contribution >= 4 is 45.1 Å². The molecule has 1 spiro atoms. The molecule has 310 valence electrons. The van der Waals surface area contributed by atoms with Gasteiger partial charge >= 0.3 is 0 Å². The van der Waals surface area contributed by atoms with Gasteiger partial charge in [-0.2, -0.15) is 0 Å². The molecule has 13 rings (SSSR count). The van der Waals surface area contributed by atoms with E-state index in [4.69, 9.17) is 4.42 Å². The quantitative estimate of drug-likeness (QED) is 0.152. The molecule has 0 fully saturated rings. The number of anilines is 6.